The zero-order valence-electron chi connectivity index (χ0n) is 15.5. The molecule has 1 aliphatic carbocycles. The molecule has 142 valence electrons. The van der Waals surface area contributed by atoms with Gasteiger partial charge in [-0.25, -0.2) is 4.98 Å². The molecule has 2 heterocycles. The van der Waals surface area contributed by atoms with E-state index >= 15 is 0 Å². The van der Waals surface area contributed by atoms with Gasteiger partial charge in [-0.15, -0.1) is 0 Å². The van der Waals surface area contributed by atoms with Crippen molar-refractivity contribution in [3.8, 4) is 0 Å². The Morgan fingerprint density at radius 2 is 1.89 bits per heavy atom. The van der Waals surface area contributed by atoms with E-state index in [0.29, 0.717) is 18.0 Å². The molecule has 0 unspecified atom stereocenters. The Morgan fingerprint density at radius 1 is 1.11 bits per heavy atom. The van der Waals surface area contributed by atoms with Gasteiger partial charge in [0.25, 0.3) is 5.56 Å². The molecule has 2 aromatic heterocycles. The average Bonchev–Trinajstić information content (AvgIpc) is 3.54. The molecule has 28 heavy (non-hydrogen) atoms. The van der Waals surface area contributed by atoms with E-state index < -0.39 is 0 Å². The zero-order chi connectivity index (χ0) is 19.3. The number of aromatic nitrogens is 3. The van der Waals surface area contributed by atoms with Crippen LogP contribution in [-0.2, 0) is 17.6 Å². The molecule has 1 fully saturated rings. The highest BCUT2D eigenvalue weighted by molar-refractivity contribution is 5.78. The second kappa shape index (κ2) is 8.17. The highest BCUT2D eigenvalue weighted by Gasteiger charge is 2.27. The largest absolute Gasteiger partial charge is 0.349 e. The molecule has 2 N–H and O–H groups in total. The molecule has 6 nitrogen and oxygen atoms in total. The number of nitrogens with one attached hydrogen (secondary N) is 2. The van der Waals surface area contributed by atoms with Gasteiger partial charge in [0, 0.05) is 30.3 Å². The predicted octanol–water partition coefficient (Wildman–Crippen LogP) is 2.69. The van der Waals surface area contributed by atoms with Gasteiger partial charge in [0.15, 0.2) is 0 Å². The number of aromatic amines is 1. The van der Waals surface area contributed by atoms with Crippen molar-refractivity contribution in [1.82, 2.24) is 20.3 Å². The fourth-order valence-corrected chi connectivity index (χ4v) is 3.24. The molecular weight excluding hydrogens is 352 g/mol. The van der Waals surface area contributed by atoms with Crippen LogP contribution in [0.3, 0.4) is 0 Å². The first kappa shape index (κ1) is 18.1. The summed E-state index contributed by atoms with van der Waals surface area (Å²) in [5, 5.41) is 3.08. The molecule has 0 aliphatic heterocycles. The Kier molecular flexibility index (Phi) is 5.28. The first-order valence-corrected chi connectivity index (χ1v) is 9.52. The average molecular weight is 374 g/mol. The Bertz CT molecular complexity index is 998. The second-order valence-electron chi connectivity index (χ2n) is 7.13. The van der Waals surface area contributed by atoms with Crippen molar-refractivity contribution in [3.05, 3.63) is 93.9 Å². The minimum Gasteiger partial charge on any atom is -0.349 e. The molecule has 1 saturated carbocycles. The van der Waals surface area contributed by atoms with E-state index in [4.69, 9.17) is 0 Å². The Labute approximate surface area is 163 Å². The molecule has 6 heteroatoms. The zero-order valence-corrected chi connectivity index (χ0v) is 15.5. The third-order valence-electron chi connectivity index (χ3n) is 4.80. The van der Waals surface area contributed by atoms with Crippen LogP contribution in [0, 0.1) is 0 Å². The van der Waals surface area contributed by atoms with E-state index in [0.717, 1.165) is 29.9 Å². The minimum absolute atomic E-state index is 0.111. The van der Waals surface area contributed by atoms with E-state index in [1.165, 1.54) is 6.07 Å². The monoisotopic (exact) mass is 374 g/mol. The van der Waals surface area contributed by atoms with E-state index in [-0.39, 0.29) is 23.9 Å². The van der Waals surface area contributed by atoms with E-state index in [2.05, 4.69) is 20.3 Å². The van der Waals surface area contributed by atoms with E-state index in [1.54, 1.807) is 6.20 Å². The highest BCUT2D eigenvalue weighted by Crippen LogP contribution is 2.37. The quantitative estimate of drug-likeness (QED) is 0.666. The van der Waals surface area contributed by atoms with Crippen LogP contribution in [-0.4, -0.2) is 20.9 Å². The van der Waals surface area contributed by atoms with Crippen LogP contribution in [0.25, 0.3) is 0 Å². The molecule has 1 atom stereocenters. The van der Waals surface area contributed by atoms with Gasteiger partial charge < -0.3 is 10.3 Å². The summed E-state index contributed by atoms with van der Waals surface area (Å²) in [5.41, 5.74) is 2.25. The lowest BCUT2D eigenvalue weighted by Gasteiger charge is -2.19. The third-order valence-corrected chi connectivity index (χ3v) is 4.80. The van der Waals surface area contributed by atoms with E-state index in [9.17, 15) is 9.59 Å². The van der Waals surface area contributed by atoms with Crippen molar-refractivity contribution in [2.24, 2.45) is 0 Å². The lowest BCUT2D eigenvalue weighted by molar-refractivity contribution is -0.121. The molecular formula is C22H22N4O2. The molecule has 0 bridgehead atoms. The fourth-order valence-electron chi connectivity index (χ4n) is 3.24. The SMILES string of the molecule is O=C(Cc1ccccn1)N[C@@H](Cc1cc(=O)[nH]c(C2CC2)n1)c1ccccc1. The van der Waals surface area contributed by atoms with Gasteiger partial charge in [-0.2, -0.15) is 0 Å². The molecule has 3 aromatic rings. The molecule has 0 saturated heterocycles. The number of hydrogen-bond donors (Lipinski definition) is 2. The van der Waals surface area contributed by atoms with Crippen LogP contribution in [0.2, 0.25) is 0 Å². The van der Waals surface area contributed by atoms with Crippen LogP contribution < -0.4 is 10.9 Å². The predicted molar refractivity (Wildman–Crippen MR) is 106 cm³/mol. The van der Waals surface area contributed by atoms with Gasteiger partial charge in [-0.1, -0.05) is 36.4 Å². The maximum Gasteiger partial charge on any atom is 0.251 e. The number of H-pyrrole nitrogens is 1. The highest BCUT2D eigenvalue weighted by atomic mass is 16.1. The van der Waals surface area contributed by atoms with Crippen molar-refractivity contribution in [1.29, 1.82) is 0 Å². The van der Waals surface area contributed by atoms with Crippen molar-refractivity contribution in [2.45, 2.75) is 37.6 Å². The maximum atomic E-state index is 12.6. The topological polar surface area (TPSA) is 87.7 Å². The van der Waals surface area contributed by atoms with Crippen molar-refractivity contribution in [3.63, 3.8) is 0 Å². The summed E-state index contributed by atoms with van der Waals surface area (Å²) in [6, 6.07) is 16.5. The molecule has 4 rings (SSSR count). The first-order valence-electron chi connectivity index (χ1n) is 9.52. The van der Waals surface area contributed by atoms with Crippen LogP contribution in [0.1, 0.15) is 47.6 Å². The number of nitrogens with zero attached hydrogens (tertiary/aromatic N) is 2. The molecule has 0 spiro atoms. The minimum atomic E-state index is -0.265. The fraction of sp³-hybridized carbons (Fsp3) is 0.273. The molecule has 1 aromatic carbocycles. The van der Waals surface area contributed by atoms with Crippen molar-refractivity contribution >= 4 is 5.91 Å². The van der Waals surface area contributed by atoms with Crippen LogP contribution in [0.5, 0.6) is 0 Å². The smallest absolute Gasteiger partial charge is 0.251 e. The normalized spacial score (nSPS) is 14.4. The Balaban J connectivity index is 1.54. The molecule has 1 aliphatic rings. The van der Waals surface area contributed by atoms with Crippen molar-refractivity contribution in [2.75, 3.05) is 0 Å². The summed E-state index contributed by atoms with van der Waals surface area (Å²) in [6.45, 7) is 0. The van der Waals surface area contributed by atoms with Crippen molar-refractivity contribution < 1.29 is 4.79 Å². The van der Waals surface area contributed by atoms with Crippen LogP contribution in [0.4, 0.5) is 0 Å². The summed E-state index contributed by atoms with van der Waals surface area (Å²) in [5.74, 6) is 1.01. The number of hydrogen-bond acceptors (Lipinski definition) is 4. The standard InChI is InChI=1S/C22H22N4O2/c27-20(13-17-8-4-5-11-23-17)25-19(15-6-2-1-3-7-15)12-18-14-21(28)26-22(24-18)16-9-10-16/h1-8,11,14,16,19H,9-10,12-13H2,(H,25,27)(H,24,26,28)/t19-/m0/s1. The summed E-state index contributed by atoms with van der Waals surface area (Å²) >= 11 is 0. The lowest BCUT2D eigenvalue weighted by Crippen LogP contribution is -2.32. The lowest BCUT2D eigenvalue weighted by atomic mass is 10.0. The summed E-state index contributed by atoms with van der Waals surface area (Å²) < 4.78 is 0. The van der Waals surface area contributed by atoms with E-state index in [1.807, 2.05) is 48.5 Å². The van der Waals surface area contributed by atoms with Crippen LogP contribution >= 0.6 is 0 Å². The third kappa shape index (κ3) is 4.71. The summed E-state index contributed by atoms with van der Waals surface area (Å²) in [4.78, 5) is 36.3. The van der Waals surface area contributed by atoms with Gasteiger partial charge in [0.2, 0.25) is 5.91 Å². The maximum absolute atomic E-state index is 12.6. The van der Waals surface area contributed by atoms with Gasteiger partial charge in [0.1, 0.15) is 5.82 Å². The van der Waals surface area contributed by atoms with Crippen LogP contribution in [0.15, 0.2) is 65.6 Å². The number of carbonyl (C=O) groups excluding carboxylic acids is 1. The number of rotatable bonds is 7. The molecule has 0 radical (unpaired) electrons. The summed E-state index contributed by atoms with van der Waals surface area (Å²) in [6.07, 6.45) is 4.48. The molecule has 1 amide bonds. The summed E-state index contributed by atoms with van der Waals surface area (Å²) in [7, 11) is 0. The van der Waals surface area contributed by atoms with Gasteiger partial charge >= 0.3 is 0 Å². The van der Waals surface area contributed by atoms with Gasteiger partial charge in [-0.3, -0.25) is 14.6 Å². The number of benzene rings is 1. The number of pyridine rings is 1. The Morgan fingerprint density at radius 3 is 2.61 bits per heavy atom. The van der Waals surface area contributed by atoms with Gasteiger partial charge in [0.05, 0.1) is 18.2 Å². The van der Waals surface area contributed by atoms with Gasteiger partial charge in [-0.05, 0) is 30.5 Å². The Hall–Kier alpha value is -3.28. The second-order valence-corrected chi connectivity index (χ2v) is 7.13. The first-order chi connectivity index (χ1) is 13.7. The number of carbonyl (C=O) groups is 1. The number of amides is 1.